The van der Waals surface area contributed by atoms with E-state index in [1.165, 1.54) is 20.2 Å². The van der Waals surface area contributed by atoms with E-state index in [-0.39, 0.29) is 0 Å². The van der Waals surface area contributed by atoms with Crippen LogP contribution in [-0.4, -0.2) is 29.9 Å². The van der Waals surface area contributed by atoms with Gasteiger partial charge < -0.3 is 13.5 Å². The van der Waals surface area contributed by atoms with Crippen LogP contribution < -0.4 is 31.8 Å². The minimum atomic E-state index is -3.03. The van der Waals surface area contributed by atoms with E-state index in [2.05, 4.69) is 176 Å². The highest BCUT2D eigenvalue weighted by molar-refractivity contribution is 7.85. The molecule has 9 nitrogen and oxygen atoms in total. The molecule has 0 unspecified atom stereocenters. The molecule has 0 spiro atoms. The Kier molecular flexibility index (Phi) is 19.0. The minimum absolute atomic E-state index is 0.555. The lowest BCUT2D eigenvalue weighted by Gasteiger charge is -2.20. The molecule has 20 aromatic rings. The van der Waals surface area contributed by atoms with Crippen LogP contribution in [0.25, 0.3) is 155 Å². The highest BCUT2D eigenvalue weighted by Gasteiger charge is 2.31. The largest absolute Gasteiger partial charge is 0.455 e. The molecule has 4 aromatic heterocycles. The summed E-state index contributed by atoms with van der Waals surface area (Å²) >= 11 is 1.80. The van der Waals surface area contributed by atoms with Gasteiger partial charge in [-0.25, -0.2) is 29.9 Å². The summed E-state index contributed by atoms with van der Waals surface area (Å²) in [5.41, 5.74) is 15.7. The molecular weight excluding hydrogens is 1450 g/mol. The van der Waals surface area contributed by atoms with Crippen molar-refractivity contribution in [2.45, 2.75) is 0 Å². The van der Waals surface area contributed by atoms with E-state index >= 15 is 0 Å². The second kappa shape index (κ2) is 30.7. The van der Waals surface area contributed by atoms with Gasteiger partial charge in [-0.05, 0) is 80.9 Å². The monoisotopic (exact) mass is 1520 g/mol. The van der Waals surface area contributed by atoms with Gasteiger partial charge >= 0.3 is 0 Å². The number of nitrogens with zero attached hydrogens (tertiary/aromatic N) is 6. The second-order valence-corrected chi connectivity index (χ2v) is 34.5. The van der Waals surface area contributed by atoms with Crippen molar-refractivity contribution in [1.29, 1.82) is 0 Å². The first-order chi connectivity index (χ1) is 56.2. The van der Waals surface area contributed by atoms with Gasteiger partial charge in [0.25, 0.3) is 0 Å². The zero-order chi connectivity index (χ0) is 76.4. The number of furan rings is 1. The average Bonchev–Trinajstić information content (AvgIpc) is 0.988. The molecule has 540 valence electrons. The molecule has 0 N–H and O–H groups in total. The quantitative estimate of drug-likeness (QED) is 0.0870. The van der Waals surface area contributed by atoms with E-state index in [9.17, 15) is 9.13 Å². The zero-order valence-electron chi connectivity index (χ0n) is 61.5. The molecule has 16 aromatic carbocycles. The number of thiophene rings is 1. The highest BCUT2D eigenvalue weighted by atomic mass is 32.1. The third-order valence-corrected chi connectivity index (χ3v) is 28.2. The number of para-hydroxylation sites is 2. The van der Waals surface area contributed by atoms with E-state index in [1.54, 1.807) is 11.3 Å². The summed E-state index contributed by atoms with van der Waals surface area (Å²) in [6.07, 6.45) is 0. The van der Waals surface area contributed by atoms with Gasteiger partial charge in [0, 0.05) is 90.6 Å². The maximum Gasteiger partial charge on any atom is 0.171 e. The fourth-order valence-electron chi connectivity index (χ4n) is 15.0. The van der Waals surface area contributed by atoms with E-state index in [4.69, 9.17) is 34.3 Å². The number of hydrogen-bond donors (Lipinski definition) is 0. The van der Waals surface area contributed by atoms with Crippen LogP contribution in [-0.2, 0) is 9.13 Å². The molecule has 0 bridgehead atoms. The molecule has 0 saturated carbocycles. The lowest BCUT2D eigenvalue weighted by Crippen LogP contribution is -2.24. The van der Waals surface area contributed by atoms with Gasteiger partial charge in [0.05, 0.1) is 5.56 Å². The summed E-state index contributed by atoms with van der Waals surface area (Å²) < 4.78 is 38.5. The maximum absolute atomic E-state index is 14.8. The van der Waals surface area contributed by atoms with Gasteiger partial charge in [-0.15, -0.1) is 11.3 Å². The molecule has 0 aliphatic rings. The Hall–Kier alpha value is -14.0. The van der Waals surface area contributed by atoms with Crippen molar-refractivity contribution in [3.8, 4) is 113 Å². The van der Waals surface area contributed by atoms with E-state index < -0.39 is 14.3 Å². The number of aromatic nitrogens is 6. The standard InChI is InChI=1S/C51H34N3O2P.C51H34N3OPS/c55-57(41-15-6-2-7-16-41,42-17-8-3-9-18-42)43-33-31-38(32-34-43)36-25-23-35(24-26-36)37-27-29-40(30-28-37)50-52-49(39-13-4-1-5-14-39)53-51(54-50)46-21-12-20-45-44-19-10-11-22-47(44)56-48(45)46;55-56(42-14-6-2-7-15-42,43-16-8-3-9-17-43)44-31-28-38(29-32-44)36-22-20-35(21-23-36)37-24-26-40(27-25-37)50-52-49(39-12-4-1-5-13-39)53-51(54-50)41-30-33-48-46(34-41)45-18-10-11-19-47(45)57-48/h2*1-34H. The molecule has 0 atom stereocenters. The van der Waals surface area contributed by atoms with Crippen LogP contribution in [0.4, 0.5) is 0 Å². The SMILES string of the molecule is O=P(c1ccccc1)(c1ccccc1)c1ccc(-c2ccc(-c3ccc(-c4nc(-c5ccccc5)nc(-c5ccc6sc7ccccc7c6c5)n4)cc3)cc2)cc1.O=P(c1ccccc1)(c1ccccc1)c1ccc(-c2ccc(-c3ccc(-c4nc(-c5ccccc5)nc(-c5cccc6c5oc5ccccc56)n4)cc3)cc2)cc1. The lowest BCUT2D eigenvalue weighted by atomic mass is 9.99. The van der Waals surface area contributed by atoms with Crippen LogP contribution in [0.15, 0.2) is 417 Å². The molecule has 0 amide bonds. The first-order valence-corrected chi connectivity index (χ1v) is 42.0. The normalized spacial score (nSPS) is 11.6. The van der Waals surface area contributed by atoms with E-state index in [0.717, 1.165) is 132 Å². The molecule has 0 saturated heterocycles. The summed E-state index contributed by atoms with van der Waals surface area (Å²) in [7, 11) is -6.06. The Morgan fingerprint density at radius 3 is 0.868 bits per heavy atom. The van der Waals surface area contributed by atoms with Crippen LogP contribution >= 0.6 is 25.6 Å². The minimum Gasteiger partial charge on any atom is -0.455 e. The Balaban J connectivity index is 0.000000153. The molecule has 12 heteroatoms. The molecule has 20 rings (SSSR count). The second-order valence-electron chi connectivity index (χ2n) is 27.9. The number of rotatable bonds is 16. The van der Waals surface area contributed by atoms with Gasteiger partial charge in [0.1, 0.15) is 11.2 Å². The number of hydrogen-bond acceptors (Lipinski definition) is 10. The van der Waals surface area contributed by atoms with Crippen molar-refractivity contribution < 1.29 is 13.5 Å². The van der Waals surface area contributed by atoms with E-state index in [0.29, 0.717) is 34.9 Å². The molecule has 0 radical (unpaired) electrons. The highest BCUT2D eigenvalue weighted by Crippen LogP contribution is 2.46. The van der Waals surface area contributed by atoms with Crippen LogP contribution in [0.2, 0.25) is 0 Å². The fourth-order valence-corrected chi connectivity index (χ4v) is 21.4. The summed E-state index contributed by atoms with van der Waals surface area (Å²) in [4.78, 5) is 29.9. The first kappa shape index (κ1) is 70.4. The van der Waals surface area contributed by atoms with Gasteiger partial charge in [0.2, 0.25) is 0 Å². The first-order valence-electron chi connectivity index (χ1n) is 37.7. The Morgan fingerprint density at radius 1 is 0.202 bits per heavy atom. The summed E-state index contributed by atoms with van der Waals surface area (Å²) in [6, 6.07) is 139. The van der Waals surface area contributed by atoms with Gasteiger partial charge in [-0.3, -0.25) is 0 Å². The van der Waals surface area contributed by atoms with Crippen molar-refractivity contribution in [2.24, 2.45) is 0 Å². The summed E-state index contributed by atoms with van der Waals surface area (Å²) in [5.74, 6) is 3.65. The van der Waals surface area contributed by atoms with Crippen molar-refractivity contribution in [3.05, 3.63) is 413 Å². The molecular formula is C102H68N6O3P2S. The summed E-state index contributed by atoms with van der Waals surface area (Å²) in [6.45, 7) is 0. The van der Waals surface area contributed by atoms with Crippen molar-refractivity contribution >= 4 is 99.6 Å². The van der Waals surface area contributed by atoms with Crippen LogP contribution in [0.3, 0.4) is 0 Å². The van der Waals surface area contributed by atoms with Gasteiger partial charge in [0.15, 0.2) is 49.2 Å². The maximum atomic E-state index is 14.8. The average molecular weight is 1520 g/mol. The molecule has 0 fully saturated rings. The smallest absolute Gasteiger partial charge is 0.171 e. The third kappa shape index (κ3) is 13.8. The van der Waals surface area contributed by atoms with Crippen LogP contribution in [0, 0.1) is 0 Å². The third-order valence-electron chi connectivity index (χ3n) is 20.9. The zero-order valence-corrected chi connectivity index (χ0v) is 64.1. The predicted molar refractivity (Wildman–Crippen MR) is 473 cm³/mol. The van der Waals surface area contributed by atoms with Crippen molar-refractivity contribution in [2.75, 3.05) is 0 Å². The van der Waals surface area contributed by atoms with Crippen molar-refractivity contribution in [1.82, 2.24) is 29.9 Å². The molecule has 0 aliphatic carbocycles. The topological polar surface area (TPSA) is 125 Å². The number of benzene rings is 16. The Labute approximate surface area is 663 Å². The van der Waals surface area contributed by atoms with Gasteiger partial charge in [-0.1, -0.05) is 376 Å². The lowest BCUT2D eigenvalue weighted by molar-refractivity contribution is 0.591. The summed E-state index contributed by atoms with van der Waals surface area (Å²) in [5, 5.41) is 9.48. The Bertz CT molecular complexity index is 6870. The molecule has 4 heterocycles. The van der Waals surface area contributed by atoms with Crippen LogP contribution in [0.5, 0.6) is 0 Å². The Morgan fingerprint density at radius 2 is 0.474 bits per heavy atom. The van der Waals surface area contributed by atoms with E-state index in [1.807, 2.05) is 237 Å². The van der Waals surface area contributed by atoms with Crippen molar-refractivity contribution in [3.63, 3.8) is 0 Å². The molecule has 114 heavy (non-hydrogen) atoms. The van der Waals surface area contributed by atoms with Crippen LogP contribution in [0.1, 0.15) is 0 Å². The molecule has 0 aliphatic heterocycles. The fraction of sp³-hybridized carbons (Fsp3) is 0. The van der Waals surface area contributed by atoms with Gasteiger partial charge in [-0.2, -0.15) is 0 Å². The number of fused-ring (bicyclic) bond motifs is 6. The predicted octanol–water partition coefficient (Wildman–Crippen LogP) is 24.0.